The van der Waals surface area contributed by atoms with Gasteiger partial charge in [0, 0.05) is 43.1 Å². The van der Waals surface area contributed by atoms with Gasteiger partial charge < -0.3 is 29.5 Å². The molecule has 0 aromatic heterocycles. The molecule has 1 heterocycles. The molecule has 2 N–H and O–H groups in total. The van der Waals surface area contributed by atoms with Gasteiger partial charge in [0.1, 0.15) is 29.8 Å². The Hall–Kier alpha value is -4.52. The minimum Gasteiger partial charge on any atom is -0.491 e. The van der Waals surface area contributed by atoms with Gasteiger partial charge in [0.05, 0.1) is 18.2 Å². The average Bonchev–Trinajstić information content (AvgIpc) is 2.89. The van der Waals surface area contributed by atoms with Crippen molar-refractivity contribution < 1.29 is 33.7 Å². The van der Waals surface area contributed by atoms with Crippen molar-refractivity contribution in [2.45, 2.75) is 45.3 Å². The highest BCUT2D eigenvalue weighted by Gasteiger charge is 2.27. The van der Waals surface area contributed by atoms with Gasteiger partial charge in [0.15, 0.2) is 0 Å². The maximum absolute atomic E-state index is 12.5. The van der Waals surface area contributed by atoms with E-state index < -0.39 is 11.6 Å². The lowest BCUT2D eigenvalue weighted by Crippen LogP contribution is -2.44. The van der Waals surface area contributed by atoms with Crippen LogP contribution in [-0.2, 0) is 9.53 Å². The van der Waals surface area contributed by atoms with Gasteiger partial charge in [0.2, 0.25) is 0 Å². The molecule has 2 amide bonds. The summed E-state index contributed by atoms with van der Waals surface area (Å²) in [5, 5.41) is 20.7. The standard InChI is InChI=1S/C29H33N3O7/c1-29(2,3)39-28(36)32-15-12-24(13-16-32)38-23-9-6-22(7-10-23)27(35)31-14-17-37-25-18-20(19-30)4-5-21(25)8-11-26(33)34/h4-11,18,24H,12-17H2,1-3H3,(H,31,35)(H,33,34). The fourth-order valence-corrected chi connectivity index (χ4v) is 3.82. The Labute approximate surface area is 227 Å². The third-order valence-corrected chi connectivity index (χ3v) is 5.71. The zero-order valence-electron chi connectivity index (χ0n) is 22.3. The molecule has 1 fully saturated rings. The highest BCUT2D eigenvalue weighted by atomic mass is 16.6. The number of hydrogen-bond donors (Lipinski definition) is 2. The maximum atomic E-state index is 12.5. The smallest absolute Gasteiger partial charge is 0.410 e. The summed E-state index contributed by atoms with van der Waals surface area (Å²) in [6.07, 6.45) is 3.39. The summed E-state index contributed by atoms with van der Waals surface area (Å²) in [4.78, 5) is 37.3. The van der Waals surface area contributed by atoms with Gasteiger partial charge in [-0.2, -0.15) is 5.26 Å². The Morgan fingerprint density at radius 1 is 1.13 bits per heavy atom. The molecule has 10 nitrogen and oxygen atoms in total. The number of rotatable bonds is 9. The van der Waals surface area contributed by atoms with Gasteiger partial charge >= 0.3 is 12.1 Å². The number of carboxylic acid groups (broad SMARTS) is 1. The molecule has 0 radical (unpaired) electrons. The van der Waals surface area contributed by atoms with Crippen molar-refractivity contribution in [1.29, 1.82) is 5.26 Å². The highest BCUT2D eigenvalue weighted by Crippen LogP contribution is 2.23. The van der Waals surface area contributed by atoms with Crippen LogP contribution in [0.25, 0.3) is 6.08 Å². The molecular formula is C29H33N3O7. The van der Waals surface area contributed by atoms with Gasteiger partial charge in [-0.1, -0.05) is 0 Å². The van der Waals surface area contributed by atoms with Crippen molar-refractivity contribution in [2.24, 2.45) is 0 Å². The van der Waals surface area contributed by atoms with Crippen LogP contribution in [0.2, 0.25) is 0 Å². The molecule has 39 heavy (non-hydrogen) atoms. The van der Waals surface area contributed by atoms with E-state index in [1.807, 2.05) is 26.8 Å². The van der Waals surface area contributed by atoms with Crippen molar-refractivity contribution in [3.05, 3.63) is 65.2 Å². The van der Waals surface area contributed by atoms with E-state index in [0.717, 1.165) is 6.08 Å². The van der Waals surface area contributed by atoms with Crippen molar-refractivity contribution in [3.63, 3.8) is 0 Å². The average molecular weight is 536 g/mol. The molecular weight excluding hydrogens is 502 g/mol. The minimum absolute atomic E-state index is 0.0321. The van der Waals surface area contributed by atoms with Crippen molar-refractivity contribution in [2.75, 3.05) is 26.2 Å². The first-order valence-electron chi connectivity index (χ1n) is 12.6. The monoisotopic (exact) mass is 535 g/mol. The van der Waals surface area contributed by atoms with E-state index in [9.17, 15) is 14.4 Å². The topological polar surface area (TPSA) is 138 Å². The number of aliphatic carboxylic acids is 1. The summed E-state index contributed by atoms with van der Waals surface area (Å²) in [6, 6.07) is 13.5. The summed E-state index contributed by atoms with van der Waals surface area (Å²) in [5.41, 5.74) is 0.810. The second-order valence-electron chi connectivity index (χ2n) is 9.95. The predicted octanol–water partition coefficient (Wildman–Crippen LogP) is 4.24. The minimum atomic E-state index is -1.10. The molecule has 2 aromatic carbocycles. The first kappa shape index (κ1) is 29.0. The van der Waals surface area contributed by atoms with Gasteiger partial charge in [-0.3, -0.25) is 4.79 Å². The van der Waals surface area contributed by atoms with E-state index in [1.165, 1.54) is 12.1 Å². The van der Waals surface area contributed by atoms with Crippen LogP contribution in [0.5, 0.6) is 11.5 Å². The van der Waals surface area contributed by atoms with E-state index in [-0.39, 0.29) is 31.3 Å². The third-order valence-electron chi connectivity index (χ3n) is 5.71. The number of nitrogens with zero attached hydrogens (tertiary/aromatic N) is 2. The van der Waals surface area contributed by atoms with Crippen LogP contribution in [0.4, 0.5) is 4.79 Å². The fraction of sp³-hybridized carbons (Fsp3) is 0.379. The highest BCUT2D eigenvalue weighted by molar-refractivity contribution is 5.94. The molecule has 3 rings (SSSR count). The molecule has 2 aromatic rings. The Kier molecular flexibility index (Phi) is 9.92. The fourth-order valence-electron chi connectivity index (χ4n) is 3.82. The number of piperidine rings is 1. The number of benzene rings is 2. The molecule has 0 unspecified atom stereocenters. The van der Waals surface area contributed by atoms with Crippen LogP contribution in [0, 0.1) is 11.3 Å². The van der Waals surface area contributed by atoms with Crippen molar-refractivity contribution >= 4 is 24.0 Å². The number of carboxylic acids is 1. The zero-order valence-corrected chi connectivity index (χ0v) is 22.3. The number of ether oxygens (including phenoxy) is 3. The summed E-state index contributed by atoms with van der Waals surface area (Å²) < 4.78 is 17.1. The molecule has 1 saturated heterocycles. The third kappa shape index (κ3) is 9.38. The quantitative estimate of drug-likeness (QED) is 0.359. The van der Waals surface area contributed by atoms with Gasteiger partial charge in [0.25, 0.3) is 5.91 Å². The van der Waals surface area contributed by atoms with Crippen LogP contribution < -0.4 is 14.8 Å². The van der Waals surface area contributed by atoms with Crippen molar-refractivity contribution in [1.82, 2.24) is 10.2 Å². The van der Waals surface area contributed by atoms with E-state index in [1.54, 1.807) is 41.3 Å². The first-order chi connectivity index (χ1) is 18.5. The number of carbonyl (C=O) groups is 3. The lowest BCUT2D eigenvalue weighted by atomic mass is 10.1. The van der Waals surface area contributed by atoms with Crippen molar-refractivity contribution in [3.8, 4) is 17.6 Å². The molecule has 0 saturated carbocycles. The molecule has 0 bridgehead atoms. The van der Waals surface area contributed by atoms with Crippen LogP contribution in [-0.4, -0.2) is 65.9 Å². The van der Waals surface area contributed by atoms with E-state index in [0.29, 0.717) is 54.1 Å². The first-order valence-corrected chi connectivity index (χ1v) is 12.6. The normalized spacial score (nSPS) is 13.9. The van der Waals surface area contributed by atoms with Gasteiger partial charge in [-0.25, -0.2) is 9.59 Å². The van der Waals surface area contributed by atoms with E-state index in [4.69, 9.17) is 24.6 Å². The number of carbonyl (C=O) groups excluding carboxylic acids is 2. The van der Waals surface area contributed by atoms with Crippen LogP contribution in [0.1, 0.15) is 55.1 Å². The molecule has 0 spiro atoms. The number of hydrogen-bond acceptors (Lipinski definition) is 7. The van der Waals surface area contributed by atoms with Crippen LogP contribution >= 0.6 is 0 Å². The maximum Gasteiger partial charge on any atom is 0.410 e. The number of likely N-dealkylation sites (tertiary alicyclic amines) is 1. The molecule has 0 aliphatic carbocycles. The van der Waals surface area contributed by atoms with Crippen LogP contribution in [0.15, 0.2) is 48.5 Å². The van der Waals surface area contributed by atoms with Crippen LogP contribution in [0.3, 0.4) is 0 Å². The Morgan fingerprint density at radius 2 is 1.82 bits per heavy atom. The summed E-state index contributed by atoms with van der Waals surface area (Å²) >= 11 is 0. The molecule has 1 aliphatic rings. The van der Waals surface area contributed by atoms with E-state index in [2.05, 4.69) is 5.32 Å². The molecule has 0 atom stereocenters. The summed E-state index contributed by atoms with van der Waals surface area (Å²) in [6.45, 7) is 6.96. The zero-order chi connectivity index (χ0) is 28.4. The molecule has 206 valence electrons. The molecule has 10 heteroatoms. The second kappa shape index (κ2) is 13.3. The van der Waals surface area contributed by atoms with Gasteiger partial charge in [-0.15, -0.1) is 0 Å². The lowest BCUT2D eigenvalue weighted by Gasteiger charge is -2.33. The Bertz CT molecular complexity index is 1240. The number of nitriles is 1. The largest absolute Gasteiger partial charge is 0.491 e. The lowest BCUT2D eigenvalue weighted by molar-refractivity contribution is -0.131. The summed E-state index contributed by atoms with van der Waals surface area (Å²) in [5.74, 6) is -0.394. The Balaban J connectivity index is 1.44. The summed E-state index contributed by atoms with van der Waals surface area (Å²) in [7, 11) is 0. The SMILES string of the molecule is CC(C)(C)OC(=O)N1CCC(Oc2ccc(C(=O)NCCOc3cc(C#N)ccc3C=CC(=O)O)cc2)CC1. The number of nitrogens with one attached hydrogen (secondary N) is 1. The predicted molar refractivity (Wildman–Crippen MR) is 144 cm³/mol. The second-order valence-corrected chi connectivity index (χ2v) is 9.95. The molecule has 1 aliphatic heterocycles. The Morgan fingerprint density at radius 3 is 2.44 bits per heavy atom. The van der Waals surface area contributed by atoms with E-state index >= 15 is 0 Å². The number of amides is 2. The van der Waals surface area contributed by atoms with Gasteiger partial charge in [-0.05, 0) is 69.3 Å².